The number of ether oxygens (including phenoxy) is 2. The Morgan fingerprint density at radius 2 is 1.79 bits per heavy atom. The summed E-state index contributed by atoms with van der Waals surface area (Å²) in [7, 11) is 1.29. The predicted molar refractivity (Wildman–Crippen MR) is 89.9 cm³/mol. The molecule has 0 saturated heterocycles. The molecule has 0 aliphatic carbocycles. The molecule has 0 radical (unpaired) electrons. The Kier molecular flexibility index (Phi) is 6.95. The molecule has 0 saturated carbocycles. The van der Waals surface area contributed by atoms with E-state index in [9.17, 15) is 14.4 Å². The Balaban J connectivity index is 3.31. The van der Waals surface area contributed by atoms with Crippen LogP contribution in [0.25, 0.3) is 0 Å². The van der Waals surface area contributed by atoms with Gasteiger partial charge in [-0.15, -0.1) is 0 Å². The Morgan fingerprint density at radius 1 is 1.17 bits per heavy atom. The Morgan fingerprint density at radius 3 is 2.25 bits per heavy atom. The van der Waals surface area contributed by atoms with Gasteiger partial charge in [-0.2, -0.15) is 0 Å². The number of rotatable bonds is 6. The molecule has 1 rings (SSSR count). The summed E-state index contributed by atoms with van der Waals surface area (Å²) in [5.41, 5.74) is 3.72. The van der Waals surface area contributed by atoms with Crippen molar-refractivity contribution in [3.63, 3.8) is 0 Å². The fraction of sp³-hybridized carbons (Fsp3) is 0.500. The molecule has 1 atom stereocenters. The molecule has 0 fully saturated rings. The van der Waals surface area contributed by atoms with Crippen LogP contribution in [0.3, 0.4) is 0 Å². The maximum atomic E-state index is 12.0. The minimum atomic E-state index is -0.754. The molecule has 1 amide bonds. The lowest BCUT2D eigenvalue weighted by Gasteiger charge is -2.21. The van der Waals surface area contributed by atoms with E-state index in [0.29, 0.717) is 18.6 Å². The number of nitrogens with one attached hydrogen (secondary N) is 1. The van der Waals surface area contributed by atoms with Crippen molar-refractivity contribution in [3.05, 3.63) is 28.3 Å². The molecule has 0 unspecified atom stereocenters. The second-order valence-electron chi connectivity index (χ2n) is 5.70. The Labute approximate surface area is 142 Å². The van der Waals surface area contributed by atoms with Crippen molar-refractivity contribution in [1.82, 2.24) is 5.32 Å². The highest BCUT2D eigenvalue weighted by Gasteiger charge is 2.24. The number of amides is 1. The van der Waals surface area contributed by atoms with Crippen LogP contribution in [0.1, 0.15) is 43.0 Å². The Hall–Kier alpha value is -2.37. The Bertz CT molecular complexity index is 651. The number of methoxy groups -OCH3 is 1. The van der Waals surface area contributed by atoms with Crippen LogP contribution in [0.2, 0.25) is 0 Å². The summed E-state index contributed by atoms with van der Waals surface area (Å²) < 4.78 is 10.0. The van der Waals surface area contributed by atoms with Crippen molar-refractivity contribution >= 4 is 17.8 Å². The molecule has 1 aromatic rings. The average Bonchev–Trinajstić information content (AvgIpc) is 2.49. The first-order valence-electron chi connectivity index (χ1n) is 7.86. The third-order valence-corrected chi connectivity index (χ3v) is 3.89. The van der Waals surface area contributed by atoms with Crippen molar-refractivity contribution in [2.45, 2.75) is 53.5 Å². The van der Waals surface area contributed by atoms with Gasteiger partial charge in [-0.25, -0.2) is 4.79 Å². The summed E-state index contributed by atoms with van der Waals surface area (Å²) in [5.74, 6) is -0.643. The first-order chi connectivity index (χ1) is 11.2. The second-order valence-corrected chi connectivity index (χ2v) is 5.70. The van der Waals surface area contributed by atoms with Crippen molar-refractivity contribution in [3.8, 4) is 5.75 Å². The normalized spacial score (nSPS) is 11.6. The molecule has 6 nitrogen and oxygen atoms in total. The zero-order valence-corrected chi connectivity index (χ0v) is 15.1. The lowest BCUT2D eigenvalue weighted by molar-refractivity contribution is -0.144. The highest BCUT2D eigenvalue weighted by Crippen LogP contribution is 2.30. The third kappa shape index (κ3) is 4.81. The maximum absolute atomic E-state index is 12.0. The predicted octanol–water partition coefficient (Wildman–Crippen LogP) is 2.01. The number of benzene rings is 1. The molecule has 1 aromatic carbocycles. The molecule has 0 aromatic heterocycles. The average molecular weight is 335 g/mol. The van der Waals surface area contributed by atoms with Gasteiger partial charge in [0.05, 0.1) is 7.11 Å². The van der Waals surface area contributed by atoms with Crippen LogP contribution in [0.15, 0.2) is 6.07 Å². The fourth-order valence-corrected chi connectivity index (χ4v) is 2.81. The molecule has 6 heteroatoms. The molecule has 0 heterocycles. The van der Waals surface area contributed by atoms with E-state index < -0.39 is 12.0 Å². The molecule has 0 spiro atoms. The molecule has 132 valence electrons. The van der Waals surface area contributed by atoms with E-state index in [2.05, 4.69) is 5.32 Å². The van der Waals surface area contributed by atoms with E-state index in [1.165, 1.54) is 21.0 Å². The van der Waals surface area contributed by atoms with Crippen LogP contribution in [-0.2, 0) is 32.0 Å². The largest absolute Gasteiger partial charge is 0.467 e. The molecule has 1 N–H and O–H groups in total. The third-order valence-electron chi connectivity index (χ3n) is 3.89. The van der Waals surface area contributed by atoms with Crippen LogP contribution < -0.4 is 10.1 Å². The summed E-state index contributed by atoms with van der Waals surface area (Å²) in [6.07, 6.45) is 1.04. The van der Waals surface area contributed by atoms with Crippen molar-refractivity contribution in [2.24, 2.45) is 0 Å². The first-order valence-corrected chi connectivity index (χ1v) is 7.86. The monoisotopic (exact) mass is 335 g/mol. The quantitative estimate of drug-likeness (QED) is 0.635. The van der Waals surface area contributed by atoms with Crippen molar-refractivity contribution < 1.29 is 23.9 Å². The zero-order chi connectivity index (χ0) is 18.4. The minimum absolute atomic E-state index is 0.297. The number of esters is 2. The number of aryl methyl sites for hydroxylation is 1. The van der Waals surface area contributed by atoms with Gasteiger partial charge in [0.1, 0.15) is 11.8 Å². The summed E-state index contributed by atoms with van der Waals surface area (Å²) in [5, 5.41) is 2.63. The van der Waals surface area contributed by atoms with Crippen LogP contribution in [-0.4, -0.2) is 31.0 Å². The molecule has 0 bridgehead atoms. The molecule has 24 heavy (non-hydrogen) atoms. The van der Waals surface area contributed by atoms with Crippen LogP contribution in [0, 0.1) is 13.8 Å². The molecule has 0 aliphatic heterocycles. The van der Waals surface area contributed by atoms with E-state index in [-0.39, 0.29) is 11.9 Å². The summed E-state index contributed by atoms with van der Waals surface area (Å²) >= 11 is 0. The van der Waals surface area contributed by atoms with E-state index >= 15 is 0 Å². The summed E-state index contributed by atoms with van der Waals surface area (Å²) in [4.78, 5) is 34.6. The highest BCUT2D eigenvalue weighted by molar-refractivity contribution is 5.83. The van der Waals surface area contributed by atoms with Crippen LogP contribution in [0.4, 0.5) is 0 Å². The molecular formula is C18H25NO5. The standard InChI is InChI=1S/C18H25NO5/c1-7-14-11(3)17(24-13(5)21)8-10(2)15(14)9-16(18(22)23-6)19-12(4)20/h8,16H,7,9H2,1-6H3,(H,19,20)/t16-/m0/s1. The van der Waals surface area contributed by atoms with Crippen molar-refractivity contribution in [1.29, 1.82) is 0 Å². The van der Waals surface area contributed by atoms with Gasteiger partial charge in [0.15, 0.2) is 0 Å². The van der Waals surface area contributed by atoms with Gasteiger partial charge in [-0.3, -0.25) is 9.59 Å². The van der Waals surface area contributed by atoms with Crippen LogP contribution in [0.5, 0.6) is 5.75 Å². The summed E-state index contributed by atoms with van der Waals surface area (Å²) in [6, 6.07) is 1.03. The van der Waals surface area contributed by atoms with Gasteiger partial charge in [-0.05, 0) is 48.6 Å². The minimum Gasteiger partial charge on any atom is -0.467 e. The molecule has 0 aliphatic rings. The lowest BCUT2D eigenvalue weighted by Crippen LogP contribution is -2.42. The smallest absolute Gasteiger partial charge is 0.328 e. The van der Waals surface area contributed by atoms with Crippen LogP contribution >= 0.6 is 0 Å². The zero-order valence-electron chi connectivity index (χ0n) is 15.1. The van der Waals surface area contributed by atoms with Gasteiger partial charge in [0, 0.05) is 20.3 Å². The second kappa shape index (κ2) is 8.47. The lowest BCUT2D eigenvalue weighted by atomic mass is 9.90. The topological polar surface area (TPSA) is 81.7 Å². The van der Waals surface area contributed by atoms with E-state index in [4.69, 9.17) is 9.47 Å². The van der Waals surface area contributed by atoms with E-state index in [0.717, 1.165) is 22.3 Å². The van der Waals surface area contributed by atoms with Gasteiger partial charge >= 0.3 is 11.9 Å². The van der Waals surface area contributed by atoms with E-state index in [1.807, 2.05) is 20.8 Å². The number of hydrogen-bond donors (Lipinski definition) is 1. The van der Waals surface area contributed by atoms with Gasteiger partial charge in [0.2, 0.25) is 5.91 Å². The van der Waals surface area contributed by atoms with E-state index in [1.54, 1.807) is 6.07 Å². The SMILES string of the molecule is CCc1c(C)c(OC(C)=O)cc(C)c1C[C@H](NC(C)=O)C(=O)OC. The van der Waals surface area contributed by atoms with Gasteiger partial charge in [-0.1, -0.05) is 6.92 Å². The summed E-state index contributed by atoms with van der Waals surface area (Å²) in [6.45, 7) is 8.49. The first kappa shape index (κ1) is 19.7. The maximum Gasteiger partial charge on any atom is 0.328 e. The highest BCUT2D eigenvalue weighted by atomic mass is 16.5. The fourth-order valence-electron chi connectivity index (χ4n) is 2.81. The van der Waals surface area contributed by atoms with Crippen molar-refractivity contribution in [2.75, 3.05) is 7.11 Å². The number of hydrogen-bond acceptors (Lipinski definition) is 5. The number of carbonyl (C=O) groups excluding carboxylic acids is 3. The van der Waals surface area contributed by atoms with Gasteiger partial charge < -0.3 is 14.8 Å². The molecular weight excluding hydrogens is 310 g/mol. The van der Waals surface area contributed by atoms with Gasteiger partial charge in [0.25, 0.3) is 0 Å². The number of carbonyl (C=O) groups is 3.